The van der Waals surface area contributed by atoms with Gasteiger partial charge < -0.3 is 4.74 Å². The first-order valence-corrected chi connectivity index (χ1v) is 4.90. The minimum absolute atomic E-state index is 0.0804. The van der Waals surface area contributed by atoms with Crippen molar-refractivity contribution in [3.05, 3.63) is 0 Å². The number of carbonyl (C=O) groups excluding carboxylic acids is 1. The van der Waals surface area contributed by atoms with Crippen molar-refractivity contribution in [1.82, 2.24) is 0 Å². The van der Waals surface area contributed by atoms with E-state index in [2.05, 4.69) is 6.92 Å². The molecule has 4 atom stereocenters. The van der Waals surface area contributed by atoms with Crippen LogP contribution in [0, 0.1) is 23.2 Å². The third-order valence-corrected chi connectivity index (χ3v) is 4.49. The van der Waals surface area contributed by atoms with Crippen molar-refractivity contribution in [1.29, 1.82) is 0 Å². The summed E-state index contributed by atoms with van der Waals surface area (Å²) < 4.78 is 5.16. The summed E-state index contributed by atoms with van der Waals surface area (Å²) in [4.78, 5) is 11.5. The van der Waals surface area contributed by atoms with Gasteiger partial charge in [0.15, 0.2) is 0 Å². The quantitative estimate of drug-likeness (QED) is 0.511. The lowest BCUT2D eigenvalue weighted by atomic mass is 9.69. The maximum absolute atomic E-state index is 11.5. The molecule has 1 heterocycles. The molecule has 2 saturated carbocycles. The molecule has 1 saturated heterocycles. The maximum atomic E-state index is 11.5. The molecule has 2 aliphatic carbocycles. The van der Waals surface area contributed by atoms with Gasteiger partial charge in [0.1, 0.15) is 0 Å². The average molecular weight is 166 g/mol. The van der Waals surface area contributed by atoms with Gasteiger partial charge in [0.25, 0.3) is 0 Å². The van der Waals surface area contributed by atoms with Gasteiger partial charge in [-0.15, -0.1) is 0 Å². The molecule has 0 unspecified atom stereocenters. The van der Waals surface area contributed by atoms with Crippen LogP contribution < -0.4 is 0 Å². The lowest BCUT2D eigenvalue weighted by Gasteiger charge is -2.30. The molecule has 0 spiro atoms. The van der Waals surface area contributed by atoms with Crippen molar-refractivity contribution in [3.63, 3.8) is 0 Å². The fraction of sp³-hybridized carbons (Fsp3) is 0.900. The zero-order valence-corrected chi connectivity index (χ0v) is 7.38. The molecule has 2 bridgehead atoms. The van der Waals surface area contributed by atoms with Crippen molar-refractivity contribution in [2.24, 2.45) is 23.2 Å². The molecule has 2 nitrogen and oxygen atoms in total. The monoisotopic (exact) mass is 166 g/mol. The highest BCUT2D eigenvalue weighted by molar-refractivity contribution is 5.80. The lowest BCUT2D eigenvalue weighted by Crippen LogP contribution is -2.35. The predicted molar refractivity (Wildman–Crippen MR) is 43.4 cm³/mol. The molecule has 3 fully saturated rings. The predicted octanol–water partition coefficient (Wildman–Crippen LogP) is 1.60. The second-order valence-corrected chi connectivity index (χ2v) is 4.76. The first-order valence-electron chi connectivity index (χ1n) is 4.90. The Hall–Kier alpha value is -0.530. The van der Waals surface area contributed by atoms with Gasteiger partial charge in [-0.1, -0.05) is 0 Å². The van der Waals surface area contributed by atoms with Gasteiger partial charge in [-0.2, -0.15) is 0 Å². The summed E-state index contributed by atoms with van der Waals surface area (Å²) in [5.74, 6) is 2.08. The third-order valence-electron chi connectivity index (χ3n) is 4.49. The number of rotatable bonds is 0. The van der Waals surface area contributed by atoms with Crippen LogP contribution in [0.3, 0.4) is 0 Å². The molecule has 1 aliphatic heterocycles. The fourth-order valence-corrected chi connectivity index (χ4v) is 3.67. The molecule has 0 N–H and O–H groups in total. The van der Waals surface area contributed by atoms with Crippen molar-refractivity contribution >= 4 is 5.97 Å². The van der Waals surface area contributed by atoms with Gasteiger partial charge in [-0.05, 0) is 38.0 Å². The smallest absolute Gasteiger partial charge is 0.312 e. The van der Waals surface area contributed by atoms with Crippen LogP contribution in [0.5, 0.6) is 0 Å². The minimum Gasteiger partial charge on any atom is -0.465 e. The molecule has 0 aromatic carbocycles. The zero-order valence-electron chi connectivity index (χ0n) is 7.38. The van der Waals surface area contributed by atoms with Crippen LogP contribution in [-0.2, 0) is 9.53 Å². The fourth-order valence-electron chi connectivity index (χ4n) is 3.67. The summed E-state index contributed by atoms with van der Waals surface area (Å²) in [5, 5.41) is 0. The summed E-state index contributed by atoms with van der Waals surface area (Å²) in [5.41, 5.74) is -0.0804. The van der Waals surface area contributed by atoms with E-state index in [0.29, 0.717) is 18.4 Å². The largest absolute Gasteiger partial charge is 0.465 e. The maximum Gasteiger partial charge on any atom is 0.312 e. The number of fused-ring (bicyclic) bond motifs is 5. The Kier molecular flexibility index (Phi) is 1.07. The molecule has 0 radical (unpaired) electrons. The van der Waals surface area contributed by atoms with Crippen LogP contribution in [-0.4, -0.2) is 12.6 Å². The first-order chi connectivity index (χ1) is 5.73. The molecule has 0 aromatic rings. The Morgan fingerprint density at radius 1 is 1.50 bits per heavy atom. The van der Waals surface area contributed by atoms with E-state index in [1.54, 1.807) is 0 Å². The number of hydrogen-bond donors (Lipinski definition) is 0. The topological polar surface area (TPSA) is 26.3 Å². The third kappa shape index (κ3) is 0.540. The SMILES string of the molecule is C[C@@]12C(=O)OC[C@@H]1[C@H]1CC[C@H]2C1. The molecule has 0 amide bonds. The van der Waals surface area contributed by atoms with Crippen molar-refractivity contribution in [3.8, 4) is 0 Å². The lowest BCUT2D eigenvalue weighted by molar-refractivity contribution is -0.147. The van der Waals surface area contributed by atoms with Gasteiger partial charge in [-0.25, -0.2) is 0 Å². The molecule has 3 rings (SSSR count). The van der Waals surface area contributed by atoms with E-state index in [0.717, 1.165) is 5.92 Å². The molecular formula is C10H14O2. The van der Waals surface area contributed by atoms with E-state index in [9.17, 15) is 4.79 Å². The van der Waals surface area contributed by atoms with Gasteiger partial charge in [0, 0.05) is 5.92 Å². The number of ether oxygens (including phenoxy) is 1. The highest BCUT2D eigenvalue weighted by Crippen LogP contribution is 2.62. The van der Waals surface area contributed by atoms with Crippen LogP contribution >= 0.6 is 0 Å². The molecule has 3 aliphatic rings. The van der Waals surface area contributed by atoms with E-state index >= 15 is 0 Å². The van der Waals surface area contributed by atoms with Gasteiger partial charge in [0.05, 0.1) is 12.0 Å². The molecule has 12 heavy (non-hydrogen) atoms. The molecule has 66 valence electrons. The summed E-state index contributed by atoms with van der Waals surface area (Å²) in [6, 6.07) is 0. The van der Waals surface area contributed by atoms with Crippen molar-refractivity contribution < 1.29 is 9.53 Å². The second-order valence-electron chi connectivity index (χ2n) is 4.76. The summed E-state index contributed by atoms with van der Waals surface area (Å²) in [7, 11) is 0. The Balaban J connectivity index is 2.06. The van der Waals surface area contributed by atoms with E-state index in [-0.39, 0.29) is 11.4 Å². The van der Waals surface area contributed by atoms with Crippen LogP contribution in [0.1, 0.15) is 26.2 Å². The Bertz CT molecular complexity index is 248. The molecule has 0 aromatic heterocycles. The molecule has 2 heteroatoms. The van der Waals surface area contributed by atoms with Gasteiger partial charge in [-0.3, -0.25) is 4.79 Å². The van der Waals surface area contributed by atoms with Crippen LogP contribution in [0.25, 0.3) is 0 Å². The van der Waals surface area contributed by atoms with E-state index in [1.165, 1.54) is 19.3 Å². The highest BCUT2D eigenvalue weighted by Gasteiger charge is 2.63. The van der Waals surface area contributed by atoms with Crippen molar-refractivity contribution in [2.45, 2.75) is 26.2 Å². The number of hydrogen-bond acceptors (Lipinski definition) is 2. The van der Waals surface area contributed by atoms with E-state index < -0.39 is 0 Å². The van der Waals surface area contributed by atoms with E-state index in [1.807, 2.05) is 0 Å². The van der Waals surface area contributed by atoms with Crippen LogP contribution in [0.2, 0.25) is 0 Å². The Morgan fingerprint density at radius 2 is 2.33 bits per heavy atom. The van der Waals surface area contributed by atoms with Gasteiger partial charge in [0.2, 0.25) is 0 Å². The zero-order chi connectivity index (χ0) is 8.34. The molecular weight excluding hydrogens is 152 g/mol. The van der Waals surface area contributed by atoms with E-state index in [4.69, 9.17) is 4.74 Å². The Morgan fingerprint density at radius 3 is 3.08 bits per heavy atom. The number of carbonyl (C=O) groups is 1. The van der Waals surface area contributed by atoms with Crippen LogP contribution in [0.4, 0.5) is 0 Å². The highest BCUT2D eigenvalue weighted by atomic mass is 16.5. The first kappa shape index (κ1) is 6.93. The minimum atomic E-state index is -0.0804. The normalized spacial score (nSPS) is 55.8. The second kappa shape index (κ2) is 1.86. The summed E-state index contributed by atoms with van der Waals surface area (Å²) in [6.07, 6.45) is 3.88. The van der Waals surface area contributed by atoms with Crippen LogP contribution in [0.15, 0.2) is 0 Å². The average Bonchev–Trinajstić information content (AvgIpc) is 2.65. The Labute approximate surface area is 72.3 Å². The summed E-state index contributed by atoms with van der Waals surface area (Å²) >= 11 is 0. The van der Waals surface area contributed by atoms with Crippen molar-refractivity contribution in [2.75, 3.05) is 6.61 Å². The number of cyclic esters (lactones) is 1. The van der Waals surface area contributed by atoms with Gasteiger partial charge >= 0.3 is 5.97 Å². The standard InChI is InChI=1S/C10H14O2/c1-10-7-3-2-6(4-7)8(10)5-12-9(10)11/h6-8H,2-5H2,1H3/t6-,7-,8+,10-/m0/s1. The number of esters is 1. The summed E-state index contributed by atoms with van der Waals surface area (Å²) in [6.45, 7) is 2.83.